The normalized spacial score (nSPS) is 12.1. The predicted octanol–water partition coefficient (Wildman–Crippen LogP) is 3.64. The minimum atomic E-state index is -0.0428. The Labute approximate surface area is 182 Å². The fourth-order valence-corrected chi connectivity index (χ4v) is 2.98. The topological polar surface area (TPSA) is 67.8 Å². The van der Waals surface area contributed by atoms with E-state index in [1.807, 2.05) is 38.1 Å². The second-order valence-electron chi connectivity index (χ2n) is 5.86. The Hall–Kier alpha value is -1.55. The standard InChI is InChI=1S/C19H28N4O2S.HI/c1-5-20-19(21-10-9-16-13-26-15(3)23-16)22-12-14(2)25-18-8-6-7-17(11-18)24-4;/h6-8,11,13-14H,5,9-10,12H2,1-4H3,(H2,20,21,22);1H. The van der Waals surface area contributed by atoms with Crippen molar-refractivity contribution in [3.63, 3.8) is 0 Å². The number of guanidine groups is 1. The minimum Gasteiger partial charge on any atom is -0.497 e. The molecule has 0 fully saturated rings. The van der Waals surface area contributed by atoms with Gasteiger partial charge >= 0.3 is 0 Å². The quantitative estimate of drug-likeness (QED) is 0.310. The molecule has 150 valence electrons. The van der Waals surface area contributed by atoms with Gasteiger partial charge in [-0.05, 0) is 32.9 Å². The number of rotatable bonds is 9. The summed E-state index contributed by atoms with van der Waals surface area (Å²) in [5, 5.41) is 9.80. The smallest absolute Gasteiger partial charge is 0.191 e. The third-order valence-corrected chi connectivity index (χ3v) is 4.39. The lowest BCUT2D eigenvalue weighted by Crippen LogP contribution is -2.39. The largest absolute Gasteiger partial charge is 0.497 e. The molecule has 0 radical (unpaired) electrons. The van der Waals surface area contributed by atoms with Crippen molar-refractivity contribution >= 4 is 41.3 Å². The summed E-state index contributed by atoms with van der Waals surface area (Å²) in [6.45, 7) is 8.24. The number of aromatic nitrogens is 1. The Kier molecular flexibility index (Phi) is 11.1. The average Bonchev–Trinajstić information content (AvgIpc) is 3.05. The van der Waals surface area contributed by atoms with Gasteiger partial charge in [0.05, 0.1) is 24.4 Å². The van der Waals surface area contributed by atoms with Gasteiger partial charge in [0, 0.05) is 31.0 Å². The highest BCUT2D eigenvalue weighted by Crippen LogP contribution is 2.19. The van der Waals surface area contributed by atoms with Crippen molar-refractivity contribution in [2.75, 3.05) is 26.7 Å². The zero-order valence-electron chi connectivity index (χ0n) is 16.3. The van der Waals surface area contributed by atoms with Crippen LogP contribution in [0.25, 0.3) is 0 Å². The van der Waals surface area contributed by atoms with Crippen LogP contribution in [0.4, 0.5) is 0 Å². The van der Waals surface area contributed by atoms with E-state index in [0.29, 0.717) is 6.54 Å². The minimum absolute atomic E-state index is 0. The number of aliphatic imine (C=N–C) groups is 1. The molecular weight excluding hydrogens is 475 g/mol. The molecule has 0 aliphatic rings. The molecule has 0 aliphatic carbocycles. The van der Waals surface area contributed by atoms with Crippen LogP contribution in [0.5, 0.6) is 11.5 Å². The zero-order valence-corrected chi connectivity index (χ0v) is 19.5. The number of hydrogen-bond acceptors (Lipinski definition) is 5. The average molecular weight is 504 g/mol. The van der Waals surface area contributed by atoms with Crippen molar-refractivity contribution in [2.24, 2.45) is 4.99 Å². The summed E-state index contributed by atoms with van der Waals surface area (Å²) >= 11 is 1.68. The molecule has 0 saturated carbocycles. The number of hydrogen-bond donors (Lipinski definition) is 2. The van der Waals surface area contributed by atoms with E-state index in [1.165, 1.54) is 0 Å². The highest BCUT2D eigenvalue weighted by Gasteiger charge is 2.06. The Bertz CT molecular complexity index is 709. The summed E-state index contributed by atoms with van der Waals surface area (Å²) < 4.78 is 11.1. The number of nitrogens with zero attached hydrogens (tertiary/aromatic N) is 2. The highest BCUT2D eigenvalue weighted by molar-refractivity contribution is 14.0. The lowest BCUT2D eigenvalue weighted by atomic mass is 10.3. The Morgan fingerprint density at radius 1 is 1.30 bits per heavy atom. The maximum absolute atomic E-state index is 5.91. The highest BCUT2D eigenvalue weighted by atomic mass is 127. The lowest BCUT2D eigenvalue weighted by molar-refractivity contribution is 0.229. The number of ether oxygens (including phenoxy) is 2. The van der Waals surface area contributed by atoms with Crippen molar-refractivity contribution in [3.8, 4) is 11.5 Å². The molecule has 0 amide bonds. The van der Waals surface area contributed by atoms with Crippen LogP contribution in [0.1, 0.15) is 24.5 Å². The Balaban J connectivity index is 0.00000364. The van der Waals surface area contributed by atoms with Gasteiger partial charge < -0.3 is 20.1 Å². The third-order valence-electron chi connectivity index (χ3n) is 3.57. The molecule has 2 rings (SSSR count). The lowest BCUT2D eigenvalue weighted by Gasteiger charge is -2.15. The van der Waals surface area contributed by atoms with Crippen LogP contribution in [0.15, 0.2) is 34.6 Å². The van der Waals surface area contributed by atoms with Gasteiger partial charge in [-0.15, -0.1) is 35.3 Å². The first-order valence-corrected chi connectivity index (χ1v) is 9.72. The molecule has 1 aromatic heterocycles. The molecule has 1 aromatic carbocycles. The summed E-state index contributed by atoms with van der Waals surface area (Å²) in [6.07, 6.45) is 0.837. The van der Waals surface area contributed by atoms with E-state index in [-0.39, 0.29) is 30.1 Å². The van der Waals surface area contributed by atoms with Crippen LogP contribution in [0.2, 0.25) is 0 Å². The molecule has 6 nitrogen and oxygen atoms in total. The second kappa shape index (κ2) is 12.8. The van der Waals surface area contributed by atoms with E-state index in [9.17, 15) is 0 Å². The summed E-state index contributed by atoms with van der Waals surface area (Å²) in [5.74, 6) is 2.36. The number of nitrogens with one attached hydrogen (secondary N) is 2. The molecule has 2 aromatic rings. The van der Waals surface area contributed by atoms with Crippen molar-refractivity contribution in [1.29, 1.82) is 0 Å². The molecular formula is C19H29IN4O2S. The number of methoxy groups -OCH3 is 1. The van der Waals surface area contributed by atoms with Crippen molar-refractivity contribution < 1.29 is 9.47 Å². The monoisotopic (exact) mass is 504 g/mol. The van der Waals surface area contributed by atoms with E-state index in [4.69, 9.17) is 9.47 Å². The number of aryl methyl sites for hydroxylation is 1. The van der Waals surface area contributed by atoms with Gasteiger partial charge in [-0.2, -0.15) is 0 Å². The molecule has 0 saturated heterocycles. The fourth-order valence-electron chi connectivity index (χ4n) is 2.34. The van der Waals surface area contributed by atoms with Gasteiger partial charge in [0.1, 0.15) is 17.6 Å². The second-order valence-corrected chi connectivity index (χ2v) is 6.92. The van der Waals surface area contributed by atoms with Gasteiger partial charge in [0.15, 0.2) is 5.96 Å². The van der Waals surface area contributed by atoms with E-state index >= 15 is 0 Å². The molecule has 1 atom stereocenters. The molecule has 27 heavy (non-hydrogen) atoms. The van der Waals surface area contributed by atoms with E-state index in [1.54, 1.807) is 18.4 Å². The number of benzene rings is 1. The van der Waals surface area contributed by atoms with Gasteiger partial charge in [-0.25, -0.2) is 9.98 Å². The first-order valence-electron chi connectivity index (χ1n) is 8.84. The molecule has 0 aliphatic heterocycles. The van der Waals surface area contributed by atoms with Gasteiger partial charge in [-0.3, -0.25) is 0 Å². The van der Waals surface area contributed by atoms with Crippen molar-refractivity contribution in [3.05, 3.63) is 40.3 Å². The zero-order chi connectivity index (χ0) is 18.8. The maximum atomic E-state index is 5.91. The van der Waals surface area contributed by atoms with Crippen molar-refractivity contribution in [1.82, 2.24) is 15.6 Å². The molecule has 2 N–H and O–H groups in total. The third kappa shape index (κ3) is 8.79. The first-order chi connectivity index (χ1) is 12.6. The maximum Gasteiger partial charge on any atom is 0.191 e. The van der Waals surface area contributed by atoms with Crippen LogP contribution in [-0.4, -0.2) is 43.8 Å². The fraction of sp³-hybridized carbons (Fsp3) is 0.474. The van der Waals surface area contributed by atoms with Crippen LogP contribution < -0.4 is 20.1 Å². The molecule has 8 heteroatoms. The van der Waals surface area contributed by atoms with E-state index in [2.05, 4.69) is 32.9 Å². The summed E-state index contributed by atoms with van der Waals surface area (Å²) in [6, 6.07) is 7.60. The number of halogens is 1. The van der Waals surface area contributed by atoms with Gasteiger partial charge in [0.2, 0.25) is 0 Å². The van der Waals surface area contributed by atoms with E-state index in [0.717, 1.165) is 47.7 Å². The Morgan fingerprint density at radius 3 is 2.74 bits per heavy atom. The molecule has 1 heterocycles. The number of thiazole rings is 1. The predicted molar refractivity (Wildman–Crippen MR) is 123 cm³/mol. The van der Waals surface area contributed by atoms with Crippen molar-refractivity contribution in [2.45, 2.75) is 33.3 Å². The molecule has 1 unspecified atom stereocenters. The van der Waals surface area contributed by atoms with E-state index < -0.39 is 0 Å². The van der Waals surface area contributed by atoms with Crippen LogP contribution >= 0.6 is 35.3 Å². The summed E-state index contributed by atoms with van der Waals surface area (Å²) in [4.78, 5) is 9.09. The van der Waals surface area contributed by atoms with Crippen LogP contribution in [0.3, 0.4) is 0 Å². The van der Waals surface area contributed by atoms with Crippen LogP contribution in [-0.2, 0) is 6.42 Å². The SMILES string of the molecule is CCNC(=NCC(C)Oc1cccc(OC)c1)NCCc1csc(C)n1.I. The summed E-state index contributed by atoms with van der Waals surface area (Å²) in [5.41, 5.74) is 1.12. The molecule has 0 spiro atoms. The Morgan fingerprint density at radius 2 is 2.07 bits per heavy atom. The molecule has 0 bridgehead atoms. The summed E-state index contributed by atoms with van der Waals surface area (Å²) in [7, 11) is 1.65. The first kappa shape index (κ1) is 23.5. The van der Waals surface area contributed by atoms with Crippen LogP contribution in [0, 0.1) is 6.92 Å². The van der Waals surface area contributed by atoms with Gasteiger partial charge in [0.25, 0.3) is 0 Å². The van der Waals surface area contributed by atoms with Gasteiger partial charge in [-0.1, -0.05) is 6.07 Å².